The zero-order valence-electron chi connectivity index (χ0n) is 14.6. The van der Waals surface area contributed by atoms with Crippen molar-refractivity contribution in [2.45, 2.75) is 38.5 Å². The van der Waals surface area contributed by atoms with E-state index in [0.29, 0.717) is 19.1 Å². The third kappa shape index (κ3) is 4.08. The molecule has 0 spiro atoms. The zero-order valence-corrected chi connectivity index (χ0v) is 14.6. The molecule has 0 saturated carbocycles. The van der Waals surface area contributed by atoms with E-state index >= 15 is 0 Å². The molecule has 1 aromatic carbocycles. The van der Waals surface area contributed by atoms with E-state index in [4.69, 9.17) is 15.2 Å². The molecule has 3 N–H and O–H groups in total. The quantitative estimate of drug-likeness (QED) is 0.643. The molecule has 1 fully saturated rings. The van der Waals surface area contributed by atoms with Gasteiger partial charge in [0.05, 0.1) is 13.2 Å². The molecule has 24 heavy (non-hydrogen) atoms. The number of anilines is 1. The minimum Gasteiger partial charge on any atom is -0.384 e. The second-order valence-electron chi connectivity index (χ2n) is 7.02. The summed E-state index contributed by atoms with van der Waals surface area (Å²) in [5, 5.41) is 3.32. The van der Waals surface area contributed by atoms with Crippen molar-refractivity contribution in [1.82, 2.24) is 0 Å². The molecule has 0 radical (unpaired) electrons. The Morgan fingerprint density at radius 3 is 2.88 bits per heavy atom. The van der Waals surface area contributed by atoms with Crippen LogP contribution in [-0.2, 0) is 22.3 Å². The van der Waals surface area contributed by atoms with E-state index in [1.807, 2.05) is 0 Å². The molecular formula is C19H29N3O2. The summed E-state index contributed by atoms with van der Waals surface area (Å²) in [7, 11) is 1.75. The maximum Gasteiger partial charge on any atom is 0.193 e. The minimum absolute atomic E-state index is 0.0510. The van der Waals surface area contributed by atoms with Crippen LogP contribution in [0.1, 0.15) is 36.8 Å². The third-order valence-electron chi connectivity index (χ3n) is 5.25. The van der Waals surface area contributed by atoms with Crippen LogP contribution < -0.4 is 11.1 Å². The largest absolute Gasteiger partial charge is 0.384 e. The Morgan fingerprint density at radius 2 is 2.08 bits per heavy atom. The van der Waals surface area contributed by atoms with Crippen LogP contribution in [0.4, 0.5) is 5.69 Å². The van der Waals surface area contributed by atoms with Crippen LogP contribution >= 0.6 is 0 Å². The van der Waals surface area contributed by atoms with Gasteiger partial charge in [0.25, 0.3) is 0 Å². The number of aliphatic imine (C=N–C) groups is 1. The second kappa shape index (κ2) is 7.99. The number of fused-ring (bicyclic) bond motifs is 1. The fourth-order valence-electron chi connectivity index (χ4n) is 3.79. The topological polar surface area (TPSA) is 68.9 Å². The predicted octanol–water partition coefficient (Wildman–Crippen LogP) is 2.74. The summed E-state index contributed by atoms with van der Waals surface area (Å²) in [6.45, 7) is 2.93. The number of methoxy groups -OCH3 is 1. The fraction of sp³-hybridized carbons (Fsp3) is 0.632. The SMILES string of the molecule is COCC1(CN=C(N)Nc2cccc3c2CCCC3)CCOCC1. The molecule has 132 valence electrons. The molecule has 1 aliphatic heterocycles. The molecule has 0 aromatic heterocycles. The van der Waals surface area contributed by atoms with Gasteiger partial charge in [-0.3, -0.25) is 4.99 Å². The smallest absolute Gasteiger partial charge is 0.193 e. The summed E-state index contributed by atoms with van der Waals surface area (Å²) in [4.78, 5) is 4.63. The summed E-state index contributed by atoms with van der Waals surface area (Å²) in [6, 6.07) is 6.43. The normalized spacial score (nSPS) is 20.5. The second-order valence-corrected chi connectivity index (χ2v) is 7.02. The first-order valence-electron chi connectivity index (χ1n) is 8.97. The van der Waals surface area contributed by atoms with Gasteiger partial charge in [-0.1, -0.05) is 12.1 Å². The first-order valence-corrected chi connectivity index (χ1v) is 8.97. The summed E-state index contributed by atoms with van der Waals surface area (Å²) in [5.74, 6) is 0.496. The molecule has 0 bridgehead atoms. The van der Waals surface area contributed by atoms with Crippen molar-refractivity contribution in [2.24, 2.45) is 16.1 Å². The standard InChI is InChI=1S/C19H29N3O2/c1-23-14-19(9-11-24-12-10-19)13-21-18(20)22-17-8-4-6-15-5-2-3-7-16(15)17/h4,6,8H,2-3,5,7,9-14H2,1H3,(H3,20,21,22). The van der Waals surface area contributed by atoms with Gasteiger partial charge in [0, 0.05) is 31.4 Å². The molecule has 5 nitrogen and oxygen atoms in total. The predicted molar refractivity (Wildman–Crippen MR) is 97.6 cm³/mol. The zero-order chi connectivity index (χ0) is 16.8. The number of nitrogens with zero attached hydrogens (tertiary/aromatic N) is 1. The number of guanidine groups is 1. The van der Waals surface area contributed by atoms with Gasteiger partial charge in [-0.2, -0.15) is 0 Å². The molecule has 0 amide bonds. The lowest BCUT2D eigenvalue weighted by Gasteiger charge is -2.35. The van der Waals surface area contributed by atoms with Crippen LogP contribution in [0, 0.1) is 5.41 Å². The van der Waals surface area contributed by atoms with Crippen LogP contribution in [0.2, 0.25) is 0 Å². The van der Waals surface area contributed by atoms with Gasteiger partial charge < -0.3 is 20.5 Å². The van der Waals surface area contributed by atoms with Crippen LogP contribution in [0.3, 0.4) is 0 Å². The number of hydrogen-bond donors (Lipinski definition) is 2. The highest BCUT2D eigenvalue weighted by atomic mass is 16.5. The molecule has 1 aliphatic carbocycles. The lowest BCUT2D eigenvalue weighted by atomic mass is 9.81. The van der Waals surface area contributed by atoms with Crippen LogP contribution in [0.5, 0.6) is 0 Å². The van der Waals surface area contributed by atoms with Gasteiger partial charge in [0.15, 0.2) is 5.96 Å². The highest BCUT2D eigenvalue weighted by Gasteiger charge is 2.32. The first-order chi connectivity index (χ1) is 11.7. The van der Waals surface area contributed by atoms with E-state index in [1.54, 1.807) is 7.11 Å². The van der Waals surface area contributed by atoms with Gasteiger partial charge in [-0.05, 0) is 55.7 Å². The van der Waals surface area contributed by atoms with Crippen molar-refractivity contribution in [1.29, 1.82) is 0 Å². The Labute approximate surface area is 144 Å². The number of ether oxygens (including phenoxy) is 2. The van der Waals surface area contributed by atoms with E-state index in [2.05, 4.69) is 28.5 Å². The molecule has 1 saturated heterocycles. The van der Waals surface area contributed by atoms with Crippen molar-refractivity contribution >= 4 is 11.6 Å². The Morgan fingerprint density at radius 1 is 1.29 bits per heavy atom. The average molecular weight is 331 g/mol. The number of nitrogens with one attached hydrogen (secondary N) is 1. The molecule has 0 atom stereocenters. The van der Waals surface area contributed by atoms with Crippen molar-refractivity contribution in [3.05, 3.63) is 29.3 Å². The number of aryl methyl sites for hydroxylation is 1. The lowest BCUT2D eigenvalue weighted by molar-refractivity contribution is -0.0222. The van der Waals surface area contributed by atoms with Crippen molar-refractivity contribution in [2.75, 3.05) is 38.8 Å². The minimum atomic E-state index is 0.0510. The number of nitrogens with two attached hydrogens (primary N) is 1. The number of rotatable bonds is 5. The fourth-order valence-corrected chi connectivity index (χ4v) is 3.79. The lowest BCUT2D eigenvalue weighted by Crippen LogP contribution is -2.37. The van der Waals surface area contributed by atoms with E-state index in [1.165, 1.54) is 30.4 Å². The molecule has 0 unspecified atom stereocenters. The van der Waals surface area contributed by atoms with Crippen LogP contribution in [0.15, 0.2) is 23.2 Å². The molecule has 5 heteroatoms. The maximum atomic E-state index is 6.18. The number of hydrogen-bond acceptors (Lipinski definition) is 3. The Balaban J connectivity index is 1.68. The van der Waals surface area contributed by atoms with E-state index in [-0.39, 0.29) is 5.41 Å². The first kappa shape index (κ1) is 17.2. The molecule has 1 heterocycles. The van der Waals surface area contributed by atoms with E-state index < -0.39 is 0 Å². The maximum absolute atomic E-state index is 6.18. The third-order valence-corrected chi connectivity index (χ3v) is 5.25. The van der Waals surface area contributed by atoms with Gasteiger partial charge in [0.2, 0.25) is 0 Å². The average Bonchev–Trinajstić information content (AvgIpc) is 2.62. The summed E-state index contributed by atoms with van der Waals surface area (Å²) < 4.78 is 10.9. The highest BCUT2D eigenvalue weighted by Crippen LogP contribution is 2.31. The van der Waals surface area contributed by atoms with E-state index in [0.717, 1.165) is 38.2 Å². The highest BCUT2D eigenvalue weighted by molar-refractivity contribution is 5.93. The molecular weight excluding hydrogens is 302 g/mol. The van der Waals surface area contributed by atoms with Gasteiger partial charge in [-0.25, -0.2) is 0 Å². The Bertz CT molecular complexity index is 574. The Kier molecular flexibility index (Phi) is 5.74. The monoisotopic (exact) mass is 331 g/mol. The van der Waals surface area contributed by atoms with Crippen molar-refractivity contribution < 1.29 is 9.47 Å². The Hall–Kier alpha value is -1.59. The van der Waals surface area contributed by atoms with Crippen LogP contribution in [-0.4, -0.2) is 39.4 Å². The van der Waals surface area contributed by atoms with Crippen molar-refractivity contribution in [3.63, 3.8) is 0 Å². The number of benzene rings is 1. The molecule has 1 aromatic rings. The van der Waals surface area contributed by atoms with Gasteiger partial charge >= 0.3 is 0 Å². The van der Waals surface area contributed by atoms with Gasteiger partial charge in [0.1, 0.15) is 0 Å². The van der Waals surface area contributed by atoms with Crippen LogP contribution in [0.25, 0.3) is 0 Å². The summed E-state index contributed by atoms with van der Waals surface area (Å²) >= 11 is 0. The molecule has 2 aliphatic rings. The summed E-state index contributed by atoms with van der Waals surface area (Å²) in [5.41, 5.74) is 10.2. The summed E-state index contributed by atoms with van der Waals surface area (Å²) in [6.07, 6.45) is 6.76. The molecule has 3 rings (SSSR count). The van der Waals surface area contributed by atoms with E-state index in [9.17, 15) is 0 Å². The van der Waals surface area contributed by atoms with Gasteiger partial charge in [-0.15, -0.1) is 0 Å². The van der Waals surface area contributed by atoms with Crippen molar-refractivity contribution in [3.8, 4) is 0 Å².